The van der Waals surface area contributed by atoms with Gasteiger partial charge in [-0.2, -0.15) is 0 Å². The second-order valence-corrected chi connectivity index (χ2v) is 8.56. The molecule has 0 saturated carbocycles. The zero-order valence-electron chi connectivity index (χ0n) is 17.3. The molecule has 0 bridgehead atoms. The van der Waals surface area contributed by atoms with Gasteiger partial charge in [-0.1, -0.05) is 90.5 Å². The normalized spacial score (nSPS) is 11.2. The van der Waals surface area contributed by atoms with Crippen LogP contribution in [0.3, 0.4) is 0 Å². The third kappa shape index (κ3) is 17.0. The monoisotopic (exact) mass is 384 g/mol. The van der Waals surface area contributed by atoms with Gasteiger partial charge in [-0.05, 0) is 48.6 Å². The van der Waals surface area contributed by atoms with Crippen LogP contribution in [0.2, 0.25) is 0 Å². The van der Waals surface area contributed by atoms with E-state index in [9.17, 15) is 0 Å². The van der Waals surface area contributed by atoms with Crippen molar-refractivity contribution in [2.75, 3.05) is 0 Å². The van der Waals surface area contributed by atoms with Crippen molar-refractivity contribution in [2.24, 2.45) is 11.8 Å². The summed E-state index contributed by atoms with van der Waals surface area (Å²) in [6.45, 7) is 9.31. The molecule has 0 saturated heterocycles. The molecule has 0 aromatic heterocycles. The molecule has 3 nitrogen and oxygen atoms in total. The lowest BCUT2D eigenvalue weighted by Crippen LogP contribution is -1.96. The molecular formula is C22H41O3P. The van der Waals surface area contributed by atoms with E-state index >= 15 is 0 Å². The minimum atomic E-state index is -2.62. The highest BCUT2D eigenvalue weighted by Gasteiger charge is 2.03. The minimum absolute atomic E-state index is 0.859. The fourth-order valence-electron chi connectivity index (χ4n) is 3.13. The van der Waals surface area contributed by atoms with Crippen molar-refractivity contribution < 1.29 is 14.7 Å². The van der Waals surface area contributed by atoms with E-state index in [1.165, 1.54) is 64.2 Å². The van der Waals surface area contributed by atoms with Crippen molar-refractivity contribution in [1.82, 2.24) is 0 Å². The van der Waals surface area contributed by atoms with Crippen LogP contribution in [0.25, 0.3) is 0 Å². The van der Waals surface area contributed by atoms with Gasteiger partial charge in [0.05, 0.1) is 0 Å². The van der Waals surface area contributed by atoms with E-state index < -0.39 is 8.60 Å². The van der Waals surface area contributed by atoms with Crippen LogP contribution in [0.4, 0.5) is 0 Å². The van der Waals surface area contributed by atoms with Crippen molar-refractivity contribution in [3.8, 4) is 0 Å². The maximum atomic E-state index is 7.23. The summed E-state index contributed by atoms with van der Waals surface area (Å²) in [5, 5.41) is 0. The number of hydrogen-bond acceptors (Lipinski definition) is 3. The van der Waals surface area contributed by atoms with Gasteiger partial charge >= 0.3 is 8.60 Å². The maximum absolute atomic E-state index is 7.23. The topological polar surface area (TPSA) is 60.7 Å². The molecule has 1 aromatic rings. The molecule has 0 aliphatic heterocycles. The molecule has 1 rings (SSSR count). The van der Waals surface area contributed by atoms with E-state index in [4.69, 9.17) is 14.7 Å². The van der Waals surface area contributed by atoms with E-state index in [0.29, 0.717) is 0 Å². The third-order valence-electron chi connectivity index (χ3n) is 4.57. The number of aryl methyl sites for hydroxylation is 2. The van der Waals surface area contributed by atoms with Gasteiger partial charge in [0, 0.05) is 0 Å². The molecule has 0 aliphatic rings. The molecular weight excluding hydrogens is 343 g/mol. The quantitative estimate of drug-likeness (QED) is 0.289. The van der Waals surface area contributed by atoms with Crippen molar-refractivity contribution >= 4 is 8.60 Å². The first kappa shape index (κ1) is 25.5. The van der Waals surface area contributed by atoms with Crippen LogP contribution in [0, 0.1) is 11.8 Å². The number of rotatable bonds is 12. The van der Waals surface area contributed by atoms with Gasteiger partial charge in [0.2, 0.25) is 0 Å². The Morgan fingerprint density at radius 3 is 1.31 bits per heavy atom. The molecule has 0 spiro atoms. The van der Waals surface area contributed by atoms with Crippen LogP contribution in [-0.2, 0) is 12.8 Å². The smallest absolute Gasteiger partial charge is 0.324 e. The summed E-state index contributed by atoms with van der Waals surface area (Å²) < 4.78 is 0. The zero-order valence-corrected chi connectivity index (χ0v) is 18.2. The van der Waals surface area contributed by atoms with Crippen LogP contribution < -0.4 is 0 Å². The summed E-state index contributed by atoms with van der Waals surface area (Å²) in [7, 11) is -2.62. The molecule has 0 amide bonds. The first-order valence-corrected chi connectivity index (χ1v) is 11.5. The second-order valence-electron chi connectivity index (χ2n) is 8.02. The van der Waals surface area contributed by atoms with Gasteiger partial charge in [-0.3, -0.25) is 0 Å². The Morgan fingerprint density at radius 1 is 0.654 bits per heavy atom. The summed E-state index contributed by atoms with van der Waals surface area (Å²) in [4.78, 5) is 21.7. The largest absolute Gasteiger partial charge is 0.328 e. The Morgan fingerprint density at radius 2 is 1.00 bits per heavy atom. The lowest BCUT2D eigenvalue weighted by molar-refractivity contribution is 0.368. The second kappa shape index (κ2) is 16.7. The van der Waals surface area contributed by atoms with Gasteiger partial charge in [-0.15, -0.1) is 0 Å². The maximum Gasteiger partial charge on any atom is 0.324 e. The molecule has 0 unspecified atom stereocenters. The van der Waals surface area contributed by atoms with E-state index in [1.54, 1.807) is 11.1 Å². The summed E-state index contributed by atoms with van der Waals surface area (Å²) in [6.07, 6.45) is 13.6. The molecule has 1 aromatic carbocycles. The van der Waals surface area contributed by atoms with Crippen molar-refractivity contribution in [1.29, 1.82) is 0 Å². The predicted octanol–water partition coefficient (Wildman–Crippen LogP) is 6.39. The molecule has 0 fully saturated rings. The van der Waals surface area contributed by atoms with Crippen molar-refractivity contribution in [3.63, 3.8) is 0 Å². The minimum Gasteiger partial charge on any atom is -0.328 e. The highest BCUT2D eigenvalue weighted by molar-refractivity contribution is 7.38. The first-order chi connectivity index (χ1) is 12.3. The van der Waals surface area contributed by atoms with Gasteiger partial charge in [0.15, 0.2) is 0 Å². The first-order valence-electron chi connectivity index (χ1n) is 10.3. The standard InChI is InChI=1S/C22H38.H3O3P/c1-19(2)13-7-5-9-15-21-17-11-12-18-22(21)16-10-6-8-14-20(3)4;1-4(2)3/h11-12,17-20H,5-10,13-16H2,1-4H3;1-3H. The van der Waals surface area contributed by atoms with Crippen LogP contribution in [0.15, 0.2) is 24.3 Å². The molecule has 0 atom stereocenters. The Labute approximate surface area is 162 Å². The lowest BCUT2D eigenvalue weighted by Gasteiger charge is -2.10. The average molecular weight is 385 g/mol. The highest BCUT2D eigenvalue weighted by atomic mass is 31.2. The van der Waals surface area contributed by atoms with Crippen LogP contribution in [0.5, 0.6) is 0 Å². The van der Waals surface area contributed by atoms with E-state index in [2.05, 4.69) is 52.0 Å². The van der Waals surface area contributed by atoms with Gasteiger partial charge in [0.25, 0.3) is 0 Å². The Hall–Kier alpha value is -0.470. The highest BCUT2D eigenvalue weighted by Crippen LogP contribution is 2.18. The van der Waals surface area contributed by atoms with E-state index in [1.807, 2.05) is 0 Å². The predicted molar refractivity (Wildman–Crippen MR) is 114 cm³/mol. The number of unbranched alkanes of at least 4 members (excludes halogenated alkanes) is 4. The summed E-state index contributed by atoms with van der Waals surface area (Å²) in [5.74, 6) is 1.72. The average Bonchev–Trinajstić information content (AvgIpc) is 2.54. The number of hydrogen-bond donors (Lipinski definition) is 3. The summed E-state index contributed by atoms with van der Waals surface area (Å²) in [6, 6.07) is 9.13. The molecule has 3 N–H and O–H groups in total. The molecule has 4 heteroatoms. The molecule has 0 aliphatic carbocycles. The van der Waals surface area contributed by atoms with Crippen LogP contribution in [0.1, 0.15) is 90.2 Å². The lowest BCUT2D eigenvalue weighted by atomic mass is 9.95. The van der Waals surface area contributed by atoms with Crippen LogP contribution in [-0.4, -0.2) is 14.7 Å². The van der Waals surface area contributed by atoms with Gasteiger partial charge in [0.1, 0.15) is 0 Å². The third-order valence-corrected chi connectivity index (χ3v) is 4.57. The zero-order chi connectivity index (χ0) is 19.8. The van der Waals surface area contributed by atoms with Crippen molar-refractivity contribution in [2.45, 2.75) is 91.9 Å². The Kier molecular flexibility index (Phi) is 16.4. The fraction of sp³-hybridized carbons (Fsp3) is 0.727. The molecule has 152 valence electrons. The molecule has 0 heterocycles. The Balaban J connectivity index is 0.00000141. The van der Waals surface area contributed by atoms with E-state index in [0.717, 1.165) is 11.8 Å². The molecule has 26 heavy (non-hydrogen) atoms. The van der Waals surface area contributed by atoms with Crippen LogP contribution >= 0.6 is 8.60 Å². The van der Waals surface area contributed by atoms with E-state index in [-0.39, 0.29) is 0 Å². The SMILES string of the molecule is CC(C)CCCCCc1ccccc1CCCCCC(C)C.OP(O)O. The summed E-state index contributed by atoms with van der Waals surface area (Å²) >= 11 is 0. The number of benzene rings is 1. The fourth-order valence-corrected chi connectivity index (χ4v) is 3.13. The summed E-state index contributed by atoms with van der Waals surface area (Å²) in [5.41, 5.74) is 3.21. The van der Waals surface area contributed by atoms with Gasteiger partial charge in [-0.25, -0.2) is 0 Å². The Bertz CT molecular complexity index is 393. The molecule has 0 radical (unpaired) electrons. The van der Waals surface area contributed by atoms with Gasteiger partial charge < -0.3 is 14.7 Å². The van der Waals surface area contributed by atoms with Crippen molar-refractivity contribution in [3.05, 3.63) is 35.4 Å².